The van der Waals surface area contributed by atoms with Crippen LogP contribution in [0.15, 0.2) is 36.4 Å². The van der Waals surface area contributed by atoms with E-state index in [0.29, 0.717) is 10.8 Å². The maximum absolute atomic E-state index is 13.6. The van der Waals surface area contributed by atoms with E-state index < -0.39 is 11.6 Å². The molecule has 24 heavy (non-hydrogen) atoms. The van der Waals surface area contributed by atoms with Crippen molar-refractivity contribution in [3.8, 4) is 23.3 Å². The Labute approximate surface area is 146 Å². The third kappa shape index (κ3) is 2.67. The number of nitrogens with zero attached hydrogens (tertiary/aromatic N) is 2. The predicted molar refractivity (Wildman–Crippen MR) is 88.8 cm³/mol. The van der Waals surface area contributed by atoms with Gasteiger partial charge in [-0.15, -0.1) is 0 Å². The monoisotopic (exact) mass is 358 g/mol. The molecular formula is C18H6Cl2F2N2. The SMILES string of the molecule is N#Cc1cc2cc(Cl)c(Cl)cc2c(-c2cc(F)cc(F)c2)c1C#N. The lowest BCUT2D eigenvalue weighted by Gasteiger charge is -2.12. The fraction of sp³-hybridized carbons (Fsp3) is 0. The lowest BCUT2D eigenvalue weighted by atomic mass is 9.90. The summed E-state index contributed by atoms with van der Waals surface area (Å²) >= 11 is 12.1. The minimum absolute atomic E-state index is 0.0217. The van der Waals surface area contributed by atoms with E-state index in [1.807, 2.05) is 12.1 Å². The molecule has 0 fully saturated rings. The molecule has 3 aromatic rings. The van der Waals surface area contributed by atoms with Gasteiger partial charge >= 0.3 is 0 Å². The summed E-state index contributed by atoms with van der Waals surface area (Å²) in [5.74, 6) is -1.58. The normalized spacial score (nSPS) is 10.4. The van der Waals surface area contributed by atoms with Gasteiger partial charge in [0.1, 0.15) is 23.8 Å². The topological polar surface area (TPSA) is 47.6 Å². The Morgan fingerprint density at radius 3 is 2.00 bits per heavy atom. The van der Waals surface area contributed by atoms with Gasteiger partial charge in [0.25, 0.3) is 0 Å². The van der Waals surface area contributed by atoms with Crippen molar-refractivity contribution in [2.24, 2.45) is 0 Å². The minimum atomic E-state index is -0.788. The van der Waals surface area contributed by atoms with Crippen molar-refractivity contribution in [3.63, 3.8) is 0 Å². The molecule has 0 bridgehead atoms. The summed E-state index contributed by atoms with van der Waals surface area (Å²) in [4.78, 5) is 0. The summed E-state index contributed by atoms with van der Waals surface area (Å²) in [7, 11) is 0. The molecule has 0 saturated heterocycles. The number of benzene rings is 3. The maximum Gasteiger partial charge on any atom is 0.126 e. The second-order valence-electron chi connectivity index (χ2n) is 5.04. The number of hydrogen-bond acceptors (Lipinski definition) is 2. The van der Waals surface area contributed by atoms with Gasteiger partial charge in [0.2, 0.25) is 0 Å². The van der Waals surface area contributed by atoms with Crippen LogP contribution in [0.4, 0.5) is 8.78 Å². The first-order chi connectivity index (χ1) is 11.4. The molecule has 3 rings (SSSR count). The highest BCUT2D eigenvalue weighted by molar-refractivity contribution is 6.43. The highest BCUT2D eigenvalue weighted by Crippen LogP contribution is 2.38. The number of fused-ring (bicyclic) bond motifs is 1. The molecule has 0 saturated carbocycles. The van der Waals surface area contributed by atoms with Crippen LogP contribution < -0.4 is 0 Å². The lowest BCUT2D eigenvalue weighted by molar-refractivity contribution is 0.584. The Balaban J connectivity index is 2.54. The largest absolute Gasteiger partial charge is 0.207 e. The molecule has 2 nitrogen and oxygen atoms in total. The van der Waals surface area contributed by atoms with Crippen molar-refractivity contribution in [3.05, 3.63) is 69.2 Å². The summed E-state index contributed by atoms with van der Waals surface area (Å²) in [5.41, 5.74) is 0.490. The molecule has 0 aliphatic rings. The van der Waals surface area contributed by atoms with Crippen LogP contribution in [-0.2, 0) is 0 Å². The molecule has 0 amide bonds. The molecule has 0 N–H and O–H groups in total. The summed E-state index contributed by atoms with van der Waals surface area (Å²) < 4.78 is 27.3. The molecule has 0 atom stereocenters. The van der Waals surface area contributed by atoms with Crippen molar-refractivity contribution < 1.29 is 8.78 Å². The van der Waals surface area contributed by atoms with E-state index in [1.165, 1.54) is 12.1 Å². The minimum Gasteiger partial charge on any atom is -0.207 e. The second kappa shape index (κ2) is 6.09. The van der Waals surface area contributed by atoms with Crippen molar-refractivity contribution >= 4 is 34.0 Å². The third-order valence-corrected chi connectivity index (χ3v) is 4.29. The molecule has 3 aromatic carbocycles. The average Bonchev–Trinajstić information content (AvgIpc) is 2.53. The summed E-state index contributed by atoms with van der Waals surface area (Å²) in [6.45, 7) is 0. The molecule has 0 spiro atoms. The quantitative estimate of drug-likeness (QED) is 0.548. The van der Waals surface area contributed by atoms with Crippen LogP contribution in [0.25, 0.3) is 21.9 Å². The summed E-state index contributed by atoms with van der Waals surface area (Å²) in [6.07, 6.45) is 0. The van der Waals surface area contributed by atoms with Crippen molar-refractivity contribution in [1.29, 1.82) is 10.5 Å². The maximum atomic E-state index is 13.6. The van der Waals surface area contributed by atoms with Gasteiger partial charge in [-0.2, -0.15) is 10.5 Å². The van der Waals surface area contributed by atoms with E-state index in [0.717, 1.165) is 18.2 Å². The Kier molecular flexibility index (Phi) is 4.11. The number of halogens is 4. The fourth-order valence-corrected chi connectivity index (χ4v) is 2.93. The van der Waals surface area contributed by atoms with E-state index in [-0.39, 0.29) is 32.3 Å². The highest BCUT2D eigenvalue weighted by Gasteiger charge is 2.18. The standard InChI is InChI=1S/C18H6Cl2F2N2/c19-16-4-9-1-11(7-23)15(8-24)18(14(9)6-17(16)20)10-2-12(21)5-13(22)3-10/h1-6H. The van der Waals surface area contributed by atoms with E-state index in [2.05, 4.69) is 0 Å². The van der Waals surface area contributed by atoms with Gasteiger partial charge in [0.05, 0.1) is 21.2 Å². The van der Waals surface area contributed by atoms with E-state index in [1.54, 1.807) is 6.07 Å². The van der Waals surface area contributed by atoms with Gasteiger partial charge in [0.15, 0.2) is 0 Å². The van der Waals surface area contributed by atoms with Gasteiger partial charge in [0, 0.05) is 11.6 Å². The van der Waals surface area contributed by atoms with Crippen LogP contribution in [0.3, 0.4) is 0 Å². The van der Waals surface area contributed by atoms with Crippen molar-refractivity contribution in [2.45, 2.75) is 0 Å². The Hall–Kier alpha value is -2.66. The van der Waals surface area contributed by atoms with Crippen molar-refractivity contribution in [1.82, 2.24) is 0 Å². The Morgan fingerprint density at radius 2 is 1.42 bits per heavy atom. The summed E-state index contributed by atoms with van der Waals surface area (Å²) in [5, 5.41) is 20.3. The van der Waals surface area contributed by atoms with E-state index >= 15 is 0 Å². The zero-order chi connectivity index (χ0) is 17.4. The van der Waals surface area contributed by atoms with Crippen LogP contribution in [-0.4, -0.2) is 0 Å². The van der Waals surface area contributed by atoms with Gasteiger partial charge < -0.3 is 0 Å². The molecule has 0 radical (unpaired) electrons. The molecule has 0 aliphatic carbocycles. The lowest BCUT2D eigenvalue weighted by Crippen LogP contribution is -1.94. The molecule has 0 aliphatic heterocycles. The van der Waals surface area contributed by atoms with Crippen molar-refractivity contribution in [2.75, 3.05) is 0 Å². The second-order valence-corrected chi connectivity index (χ2v) is 5.86. The first-order valence-corrected chi connectivity index (χ1v) is 7.42. The van der Waals surface area contributed by atoms with Gasteiger partial charge in [-0.3, -0.25) is 0 Å². The van der Waals surface area contributed by atoms with Crippen LogP contribution in [0.2, 0.25) is 10.0 Å². The van der Waals surface area contributed by atoms with Crippen LogP contribution in [0, 0.1) is 34.3 Å². The number of rotatable bonds is 1. The average molecular weight is 359 g/mol. The van der Waals surface area contributed by atoms with Crippen LogP contribution in [0.1, 0.15) is 11.1 Å². The molecular weight excluding hydrogens is 353 g/mol. The molecule has 0 unspecified atom stereocenters. The van der Waals surface area contributed by atoms with Gasteiger partial charge in [-0.25, -0.2) is 8.78 Å². The zero-order valence-corrected chi connectivity index (χ0v) is 13.4. The Bertz CT molecular complexity index is 1060. The fourth-order valence-electron chi connectivity index (χ4n) is 2.60. The molecule has 6 heteroatoms. The molecule has 0 heterocycles. The molecule has 116 valence electrons. The third-order valence-electron chi connectivity index (χ3n) is 3.56. The first kappa shape index (κ1) is 16.2. The van der Waals surface area contributed by atoms with Gasteiger partial charge in [-0.1, -0.05) is 23.2 Å². The smallest absolute Gasteiger partial charge is 0.126 e. The summed E-state index contributed by atoms with van der Waals surface area (Å²) in [6, 6.07) is 11.3. The van der Waals surface area contributed by atoms with Crippen LogP contribution >= 0.6 is 23.2 Å². The highest BCUT2D eigenvalue weighted by atomic mass is 35.5. The Morgan fingerprint density at radius 1 is 0.792 bits per heavy atom. The predicted octanol–water partition coefficient (Wildman–Crippen LogP) is 5.84. The van der Waals surface area contributed by atoms with E-state index in [4.69, 9.17) is 23.2 Å². The van der Waals surface area contributed by atoms with Gasteiger partial charge in [-0.05, 0) is 46.7 Å². The van der Waals surface area contributed by atoms with Crippen LogP contribution in [0.5, 0.6) is 0 Å². The molecule has 0 aromatic heterocycles. The number of nitriles is 2. The number of hydrogen-bond donors (Lipinski definition) is 0. The van der Waals surface area contributed by atoms with E-state index in [9.17, 15) is 19.3 Å². The first-order valence-electron chi connectivity index (χ1n) is 6.67. The zero-order valence-electron chi connectivity index (χ0n) is 11.9.